The largest absolute Gasteiger partial charge is 0.444 e. The molecule has 0 saturated heterocycles. The van der Waals surface area contributed by atoms with Crippen molar-refractivity contribution in [2.75, 3.05) is 13.1 Å². The standard InChI is InChI=1S/C14H19ClF2N2O2/c1-14(2,3)21-13(20)19-7-8(6-18)9-4-11(16)12(17)5-10(9)15/h4-5,8H,6-7,18H2,1-3H3,(H,19,20). The van der Waals surface area contributed by atoms with Crippen molar-refractivity contribution in [3.8, 4) is 0 Å². The Kier molecular flexibility index (Phi) is 5.92. The van der Waals surface area contributed by atoms with Crippen LogP contribution in [-0.2, 0) is 4.74 Å². The van der Waals surface area contributed by atoms with E-state index in [4.69, 9.17) is 22.1 Å². The molecule has 7 heteroatoms. The molecule has 0 radical (unpaired) electrons. The molecule has 0 aliphatic rings. The van der Waals surface area contributed by atoms with Crippen LogP contribution in [0.25, 0.3) is 0 Å². The lowest BCUT2D eigenvalue weighted by Gasteiger charge is -2.22. The third-order valence-electron chi connectivity index (χ3n) is 2.66. The van der Waals surface area contributed by atoms with Crippen molar-refractivity contribution >= 4 is 17.7 Å². The van der Waals surface area contributed by atoms with Crippen molar-refractivity contribution in [2.45, 2.75) is 32.3 Å². The van der Waals surface area contributed by atoms with E-state index in [2.05, 4.69) is 5.32 Å². The van der Waals surface area contributed by atoms with Crippen LogP contribution >= 0.6 is 11.6 Å². The average Bonchev–Trinajstić information content (AvgIpc) is 2.33. The molecule has 1 rings (SSSR count). The van der Waals surface area contributed by atoms with E-state index in [1.807, 2.05) is 0 Å². The predicted molar refractivity (Wildman–Crippen MR) is 77.4 cm³/mol. The van der Waals surface area contributed by atoms with E-state index in [-0.39, 0.29) is 18.1 Å². The van der Waals surface area contributed by atoms with Crippen LogP contribution in [0.1, 0.15) is 32.3 Å². The van der Waals surface area contributed by atoms with Gasteiger partial charge in [0.05, 0.1) is 0 Å². The van der Waals surface area contributed by atoms with Crippen LogP contribution in [0.2, 0.25) is 5.02 Å². The van der Waals surface area contributed by atoms with Crippen molar-refractivity contribution in [3.05, 3.63) is 34.4 Å². The molecule has 0 heterocycles. The van der Waals surface area contributed by atoms with Gasteiger partial charge in [0.25, 0.3) is 0 Å². The SMILES string of the molecule is CC(C)(C)OC(=O)NCC(CN)c1cc(F)c(F)cc1Cl. The van der Waals surface area contributed by atoms with Crippen LogP contribution in [0.4, 0.5) is 13.6 Å². The number of carbonyl (C=O) groups excluding carboxylic acids is 1. The first kappa shape index (κ1) is 17.7. The summed E-state index contributed by atoms with van der Waals surface area (Å²) in [5.41, 5.74) is 5.33. The lowest BCUT2D eigenvalue weighted by molar-refractivity contribution is 0.0525. The summed E-state index contributed by atoms with van der Waals surface area (Å²) in [6, 6.07) is 1.88. The second-order valence-corrected chi connectivity index (χ2v) is 6.01. The molecule has 0 aliphatic carbocycles. The minimum absolute atomic E-state index is 0.0651. The number of amides is 1. The maximum atomic E-state index is 13.3. The third kappa shape index (κ3) is 5.47. The molecule has 0 bridgehead atoms. The van der Waals surface area contributed by atoms with Crippen molar-refractivity contribution < 1.29 is 18.3 Å². The monoisotopic (exact) mass is 320 g/mol. The highest BCUT2D eigenvalue weighted by molar-refractivity contribution is 6.31. The Morgan fingerprint density at radius 2 is 1.95 bits per heavy atom. The van der Waals surface area contributed by atoms with Gasteiger partial charge >= 0.3 is 6.09 Å². The number of alkyl carbamates (subject to hydrolysis) is 1. The smallest absolute Gasteiger partial charge is 0.407 e. The maximum Gasteiger partial charge on any atom is 0.407 e. The number of carbonyl (C=O) groups is 1. The number of hydrogen-bond donors (Lipinski definition) is 2. The summed E-state index contributed by atoms with van der Waals surface area (Å²) in [5, 5.41) is 2.60. The first-order valence-electron chi connectivity index (χ1n) is 6.45. The van der Waals surface area contributed by atoms with Gasteiger partial charge in [-0.15, -0.1) is 0 Å². The fraction of sp³-hybridized carbons (Fsp3) is 0.500. The van der Waals surface area contributed by atoms with Crippen LogP contribution in [-0.4, -0.2) is 24.8 Å². The molecule has 21 heavy (non-hydrogen) atoms. The van der Waals surface area contributed by atoms with Gasteiger partial charge in [-0.25, -0.2) is 13.6 Å². The molecule has 118 valence electrons. The Balaban J connectivity index is 2.76. The number of ether oxygens (including phenoxy) is 1. The summed E-state index contributed by atoms with van der Waals surface area (Å²) in [5.74, 6) is -2.48. The Morgan fingerprint density at radius 1 is 1.38 bits per heavy atom. The quantitative estimate of drug-likeness (QED) is 0.837. The van der Waals surface area contributed by atoms with E-state index in [0.717, 1.165) is 12.1 Å². The fourth-order valence-electron chi connectivity index (χ4n) is 1.69. The van der Waals surface area contributed by atoms with Crippen molar-refractivity contribution in [3.63, 3.8) is 0 Å². The zero-order valence-corrected chi connectivity index (χ0v) is 12.9. The Hall–Kier alpha value is -1.40. The zero-order valence-electron chi connectivity index (χ0n) is 12.2. The van der Waals surface area contributed by atoms with Crippen LogP contribution in [0.5, 0.6) is 0 Å². The van der Waals surface area contributed by atoms with Gasteiger partial charge in [-0.3, -0.25) is 0 Å². The molecule has 1 aromatic carbocycles. The van der Waals surface area contributed by atoms with E-state index < -0.39 is 29.2 Å². The van der Waals surface area contributed by atoms with Crippen LogP contribution in [0.15, 0.2) is 12.1 Å². The normalized spacial score (nSPS) is 12.9. The predicted octanol–water partition coefficient (Wildman–Crippen LogP) is 3.19. The van der Waals surface area contributed by atoms with Gasteiger partial charge in [0.15, 0.2) is 11.6 Å². The van der Waals surface area contributed by atoms with Gasteiger partial charge in [-0.05, 0) is 38.5 Å². The van der Waals surface area contributed by atoms with E-state index in [0.29, 0.717) is 5.56 Å². The molecular formula is C14H19ClF2N2O2. The molecule has 4 nitrogen and oxygen atoms in total. The lowest BCUT2D eigenvalue weighted by atomic mass is 9.99. The number of hydrogen-bond acceptors (Lipinski definition) is 3. The van der Waals surface area contributed by atoms with E-state index >= 15 is 0 Å². The second-order valence-electron chi connectivity index (χ2n) is 5.60. The number of rotatable bonds is 4. The third-order valence-corrected chi connectivity index (χ3v) is 2.98. The van der Waals surface area contributed by atoms with Gasteiger partial charge in [-0.1, -0.05) is 11.6 Å². The van der Waals surface area contributed by atoms with Gasteiger partial charge < -0.3 is 15.8 Å². The van der Waals surface area contributed by atoms with Crippen LogP contribution in [0.3, 0.4) is 0 Å². The number of nitrogens with one attached hydrogen (secondary N) is 1. The van der Waals surface area contributed by atoms with Crippen molar-refractivity contribution in [1.29, 1.82) is 0 Å². The minimum Gasteiger partial charge on any atom is -0.444 e. The molecule has 1 amide bonds. The first-order chi connectivity index (χ1) is 9.64. The number of nitrogens with two attached hydrogens (primary N) is 1. The van der Waals surface area contributed by atoms with Crippen molar-refractivity contribution in [2.24, 2.45) is 5.73 Å². The molecule has 0 aromatic heterocycles. The van der Waals surface area contributed by atoms with Crippen LogP contribution < -0.4 is 11.1 Å². The summed E-state index contributed by atoms with van der Waals surface area (Å²) >= 11 is 5.89. The first-order valence-corrected chi connectivity index (χ1v) is 6.83. The van der Waals surface area contributed by atoms with Gasteiger partial charge in [-0.2, -0.15) is 0 Å². The number of benzene rings is 1. The highest BCUT2D eigenvalue weighted by Gasteiger charge is 2.20. The van der Waals surface area contributed by atoms with Crippen molar-refractivity contribution in [1.82, 2.24) is 5.32 Å². The van der Waals surface area contributed by atoms with E-state index in [9.17, 15) is 13.6 Å². The molecule has 0 saturated carbocycles. The molecule has 3 N–H and O–H groups in total. The molecule has 0 aliphatic heterocycles. The van der Waals surface area contributed by atoms with Crippen LogP contribution in [0, 0.1) is 11.6 Å². The van der Waals surface area contributed by atoms with E-state index in [1.165, 1.54) is 0 Å². The highest BCUT2D eigenvalue weighted by atomic mass is 35.5. The summed E-state index contributed by atoms with van der Waals surface area (Å²) in [6.07, 6.45) is -0.611. The fourth-order valence-corrected chi connectivity index (χ4v) is 2.00. The average molecular weight is 321 g/mol. The minimum atomic E-state index is -1.03. The van der Waals surface area contributed by atoms with Gasteiger partial charge in [0, 0.05) is 24.0 Å². The summed E-state index contributed by atoms with van der Waals surface area (Å²) in [4.78, 5) is 11.6. The molecule has 1 unspecified atom stereocenters. The van der Waals surface area contributed by atoms with Gasteiger partial charge in [0.2, 0.25) is 0 Å². The van der Waals surface area contributed by atoms with Gasteiger partial charge in [0.1, 0.15) is 5.60 Å². The summed E-state index contributed by atoms with van der Waals surface area (Å²) in [6.45, 7) is 5.43. The highest BCUT2D eigenvalue weighted by Crippen LogP contribution is 2.26. The summed E-state index contributed by atoms with van der Waals surface area (Å²) in [7, 11) is 0. The number of halogens is 3. The van der Waals surface area contributed by atoms with E-state index in [1.54, 1.807) is 20.8 Å². The zero-order chi connectivity index (χ0) is 16.2. The Bertz CT molecular complexity index is 518. The lowest BCUT2D eigenvalue weighted by Crippen LogP contribution is -2.36. The molecule has 1 atom stereocenters. The molecule has 1 aromatic rings. The molecule has 0 spiro atoms. The summed E-state index contributed by atoms with van der Waals surface area (Å²) < 4.78 is 31.4. The Labute approximate surface area is 127 Å². The Morgan fingerprint density at radius 3 is 2.48 bits per heavy atom. The second kappa shape index (κ2) is 7.04. The molecular weight excluding hydrogens is 302 g/mol. The maximum absolute atomic E-state index is 13.3. The topological polar surface area (TPSA) is 64.3 Å². The molecule has 0 fully saturated rings.